The maximum Gasteiger partial charge on any atom is 0.311 e. The third-order valence-corrected chi connectivity index (χ3v) is 2.53. The second kappa shape index (κ2) is 6.02. The van der Waals surface area contributed by atoms with Crippen LogP contribution >= 0.6 is 0 Å². The van der Waals surface area contributed by atoms with E-state index in [1.807, 2.05) is 0 Å². The zero-order valence-corrected chi connectivity index (χ0v) is 9.20. The Morgan fingerprint density at radius 3 is 2.88 bits per heavy atom. The molecule has 0 aromatic heterocycles. The van der Waals surface area contributed by atoms with Gasteiger partial charge in [-0.3, -0.25) is 4.79 Å². The number of hydrogen-bond donors (Lipinski definition) is 0. The fourth-order valence-electron chi connectivity index (χ4n) is 1.10. The van der Waals surface area contributed by atoms with E-state index >= 15 is 0 Å². The minimum Gasteiger partial charge on any atom is -0.426 e. The predicted octanol–water partition coefficient (Wildman–Crippen LogP) is 0.404. The van der Waals surface area contributed by atoms with Crippen molar-refractivity contribution in [1.82, 2.24) is 0 Å². The quantitative estimate of drug-likeness (QED) is 0.405. The van der Waals surface area contributed by atoms with Crippen molar-refractivity contribution in [3.8, 4) is 0 Å². The molecule has 0 aliphatic heterocycles. The van der Waals surface area contributed by atoms with E-state index < -0.39 is 16.3 Å². The third-order valence-electron chi connectivity index (χ3n) is 1.82. The lowest BCUT2D eigenvalue weighted by Gasteiger charge is -2.07. The Morgan fingerprint density at radius 2 is 2.25 bits per heavy atom. The average Bonchev–Trinajstić information content (AvgIpc) is 2.26. The van der Waals surface area contributed by atoms with Crippen molar-refractivity contribution in [3.63, 3.8) is 0 Å². The lowest BCUT2D eigenvalue weighted by molar-refractivity contribution is -0.139. The monoisotopic (exact) mass is 242 g/mol. The first-order valence-electron chi connectivity index (χ1n) is 4.61. The molecular formula is C10H10O5S. The van der Waals surface area contributed by atoms with Gasteiger partial charge in [0.15, 0.2) is 0 Å². The molecule has 6 heteroatoms. The number of allylic oxidation sites excluding steroid dienone is 3. The van der Waals surface area contributed by atoms with Crippen LogP contribution in [0.15, 0.2) is 24.0 Å². The van der Waals surface area contributed by atoms with Crippen molar-refractivity contribution in [2.45, 2.75) is 19.3 Å². The normalized spacial score (nSPS) is 14.2. The molecule has 0 aromatic carbocycles. The highest BCUT2D eigenvalue weighted by Crippen LogP contribution is 2.10. The highest BCUT2D eigenvalue weighted by molar-refractivity contribution is 7.73. The second-order valence-electron chi connectivity index (χ2n) is 3.03. The van der Waals surface area contributed by atoms with Crippen LogP contribution in [0.5, 0.6) is 0 Å². The van der Waals surface area contributed by atoms with Crippen molar-refractivity contribution in [2.75, 3.05) is 0 Å². The Morgan fingerprint density at radius 1 is 1.50 bits per heavy atom. The minimum atomic E-state index is -2.30. The first kappa shape index (κ1) is 12.4. The fourth-order valence-corrected chi connectivity index (χ4v) is 1.54. The molecule has 0 N–H and O–H groups in total. The molecule has 86 valence electrons. The van der Waals surface area contributed by atoms with E-state index in [2.05, 4.69) is 0 Å². The topological polar surface area (TPSA) is 77.5 Å². The molecule has 0 saturated carbocycles. The second-order valence-corrected chi connectivity index (χ2v) is 4.03. The summed E-state index contributed by atoms with van der Waals surface area (Å²) in [5.41, 5.74) is 0. The molecule has 0 atom stereocenters. The van der Waals surface area contributed by atoms with Crippen LogP contribution in [-0.4, -0.2) is 25.5 Å². The summed E-state index contributed by atoms with van der Waals surface area (Å²) in [5.74, 6) is -0.373. The van der Waals surface area contributed by atoms with Crippen molar-refractivity contribution in [3.05, 3.63) is 24.0 Å². The van der Waals surface area contributed by atoms with Gasteiger partial charge in [-0.25, -0.2) is 0 Å². The summed E-state index contributed by atoms with van der Waals surface area (Å²) in [6, 6.07) is 0. The Labute approximate surface area is 93.9 Å². The van der Waals surface area contributed by atoms with E-state index in [1.165, 1.54) is 12.2 Å². The molecule has 16 heavy (non-hydrogen) atoms. The van der Waals surface area contributed by atoms with Crippen molar-refractivity contribution >= 4 is 27.4 Å². The molecule has 0 aromatic rings. The maximum absolute atomic E-state index is 11.1. The lowest BCUT2D eigenvalue weighted by atomic mass is 10.2. The molecule has 1 aliphatic carbocycles. The van der Waals surface area contributed by atoms with Crippen LogP contribution in [0.2, 0.25) is 0 Å². The van der Waals surface area contributed by atoms with Gasteiger partial charge < -0.3 is 9.53 Å². The van der Waals surface area contributed by atoms with E-state index in [-0.39, 0.29) is 23.5 Å². The molecular weight excluding hydrogens is 232 g/mol. The molecule has 0 fully saturated rings. The van der Waals surface area contributed by atoms with Gasteiger partial charge in [0.25, 0.3) is 0 Å². The third kappa shape index (κ3) is 3.82. The summed E-state index contributed by atoms with van der Waals surface area (Å²) in [6.45, 7) is 0. The molecule has 5 nitrogen and oxygen atoms in total. The zero-order chi connectivity index (χ0) is 12.0. The largest absolute Gasteiger partial charge is 0.426 e. The standard InChI is InChI=1S/C10H10O5S/c11-6-2-5-10(12)15-8-3-1-4-9(7-8)16(13)14/h1,3,6-7H,2,4-5H2. The van der Waals surface area contributed by atoms with Crippen LogP contribution in [-0.2, 0) is 24.6 Å². The van der Waals surface area contributed by atoms with Crippen LogP contribution < -0.4 is 0 Å². The van der Waals surface area contributed by atoms with Crippen molar-refractivity contribution in [1.29, 1.82) is 0 Å². The molecule has 0 spiro atoms. The average molecular weight is 242 g/mol. The van der Waals surface area contributed by atoms with Gasteiger partial charge in [0.05, 0.1) is 11.3 Å². The molecule has 0 bridgehead atoms. The molecule has 0 unspecified atom stereocenters. The van der Waals surface area contributed by atoms with E-state index in [0.29, 0.717) is 12.7 Å². The Balaban J connectivity index is 2.68. The van der Waals surface area contributed by atoms with Crippen molar-refractivity contribution < 1.29 is 22.7 Å². The summed E-state index contributed by atoms with van der Waals surface area (Å²) < 4.78 is 26.2. The number of esters is 1. The van der Waals surface area contributed by atoms with E-state index in [9.17, 15) is 18.0 Å². The number of carbonyl (C=O) groups is 2. The van der Waals surface area contributed by atoms with Gasteiger partial charge in [-0.15, -0.1) is 0 Å². The zero-order valence-electron chi connectivity index (χ0n) is 8.38. The number of hydrogen-bond acceptors (Lipinski definition) is 5. The van der Waals surface area contributed by atoms with Crippen LogP contribution in [0.4, 0.5) is 0 Å². The van der Waals surface area contributed by atoms with Crippen LogP contribution in [0, 0.1) is 0 Å². The van der Waals surface area contributed by atoms with E-state index in [4.69, 9.17) is 4.74 Å². The number of ether oxygens (including phenoxy) is 1. The highest BCUT2D eigenvalue weighted by atomic mass is 32.2. The van der Waals surface area contributed by atoms with Gasteiger partial charge in [-0.1, -0.05) is 6.08 Å². The van der Waals surface area contributed by atoms with Crippen LogP contribution in [0.25, 0.3) is 0 Å². The van der Waals surface area contributed by atoms with E-state index in [1.54, 1.807) is 6.08 Å². The molecule has 0 heterocycles. The van der Waals surface area contributed by atoms with Gasteiger partial charge >= 0.3 is 5.97 Å². The minimum absolute atomic E-state index is 0.00945. The van der Waals surface area contributed by atoms with Gasteiger partial charge in [0.2, 0.25) is 10.3 Å². The molecule has 0 radical (unpaired) electrons. The predicted molar refractivity (Wildman–Crippen MR) is 57.2 cm³/mol. The molecule has 1 rings (SSSR count). The molecule has 0 saturated heterocycles. The van der Waals surface area contributed by atoms with Gasteiger partial charge in [-0.2, -0.15) is 8.42 Å². The van der Waals surface area contributed by atoms with Crippen LogP contribution in [0.3, 0.4) is 0 Å². The lowest BCUT2D eigenvalue weighted by Crippen LogP contribution is -2.07. The molecule has 1 aliphatic rings. The summed E-state index contributed by atoms with van der Waals surface area (Å²) in [6.07, 6.45) is 5.41. The van der Waals surface area contributed by atoms with Gasteiger partial charge in [0.1, 0.15) is 12.0 Å². The van der Waals surface area contributed by atoms with E-state index in [0.717, 1.165) is 0 Å². The maximum atomic E-state index is 11.1. The SMILES string of the molecule is O=CCCC(=O)OC1=CC(=S(=O)=O)CC=C1. The fraction of sp³-hybridized carbons (Fsp3) is 0.300. The Bertz CT molecular complexity index is 473. The van der Waals surface area contributed by atoms with Gasteiger partial charge in [-0.05, 0) is 12.2 Å². The summed E-state index contributed by atoms with van der Waals surface area (Å²) >= 11 is 0. The smallest absolute Gasteiger partial charge is 0.311 e. The molecule has 0 amide bonds. The summed E-state index contributed by atoms with van der Waals surface area (Å²) in [5, 5.41) is 0. The first-order chi connectivity index (χ1) is 7.63. The first-order valence-corrected chi connectivity index (χ1v) is 5.68. The Hall–Kier alpha value is -1.69. The number of aldehydes is 1. The summed E-state index contributed by atoms with van der Waals surface area (Å²) in [4.78, 5) is 21.3. The number of rotatable bonds is 4. The van der Waals surface area contributed by atoms with Crippen LogP contribution in [0.1, 0.15) is 19.3 Å². The Kier molecular flexibility index (Phi) is 4.65. The van der Waals surface area contributed by atoms with Gasteiger partial charge in [0, 0.05) is 12.8 Å². The van der Waals surface area contributed by atoms with Crippen molar-refractivity contribution in [2.24, 2.45) is 0 Å². The summed E-state index contributed by atoms with van der Waals surface area (Å²) in [7, 11) is -2.30. The highest BCUT2D eigenvalue weighted by Gasteiger charge is 2.09. The number of carbonyl (C=O) groups excluding carboxylic acids is 2.